The smallest absolute Gasteiger partial charge is 0.233 e. The predicted octanol–water partition coefficient (Wildman–Crippen LogP) is 4.68. The maximum absolute atomic E-state index is 12.4. The first-order valence-electron chi connectivity index (χ1n) is 7.75. The van der Waals surface area contributed by atoms with E-state index in [0.717, 1.165) is 21.8 Å². The molecule has 2 aromatic carbocycles. The number of hydrogen-bond donors (Lipinski definition) is 1. The van der Waals surface area contributed by atoms with Crippen LogP contribution in [-0.4, -0.2) is 20.7 Å². The van der Waals surface area contributed by atoms with Crippen molar-refractivity contribution < 1.29 is 4.79 Å². The fraction of sp³-hybridized carbons (Fsp3) is 0.222. The molecule has 0 saturated heterocycles. The maximum atomic E-state index is 12.4. The van der Waals surface area contributed by atoms with Crippen LogP contribution in [0.2, 0.25) is 10.0 Å². The largest absolute Gasteiger partial charge is 0.351 e. The summed E-state index contributed by atoms with van der Waals surface area (Å²) in [5, 5.41) is 4.79. The van der Waals surface area contributed by atoms with E-state index in [9.17, 15) is 4.79 Å². The van der Waals surface area contributed by atoms with E-state index >= 15 is 0 Å². The Hall–Kier alpha value is -1.69. The van der Waals surface area contributed by atoms with E-state index in [2.05, 4.69) is 10.3 Å². The van der Waals surface area contributed by atoms with Crippen molar-refractivity contribution in [2.24, 2.45) is 7.05 Å². The van der Waals surface area contributed by atoms with Crippen molar-refractivity contribution in [2.75, 3.05) is 0 Å². The average molecular weight is 394 g/mol. The second-order valence-corrected chi connectivity index (χ2v) is 7.87. The minimum absolute atomic E-state index is 0.0370. The lowest BCUT2D eigenvalue weighted by Gasteiger charge is -2.12. The van der Waals surface area contributed by atoms with Gasteiger partial charge in [-0.3, -0.25) is 4.79 Å². The van der Waals surface area contributed by atoms with Gasteiger partial charge in [-0.2, -0.15) is 0 Å². The quantitative estimate of drug-likeness (QED) is 0.640. The van der Waals surface area contributed by atoms with E-state index in [4.69, 9.17) is 23.2 Å². The number of benzene rings is 2. The highest BCUT2D eigenvalue weighted by Crippen LogP contribution is 2.27. The van der Waals surface area contributed by atoms with Crippen LogP contribution >= 0.6 is 35.0 Å². The number of imidazole rings is 1. The van der Waals surface area contributed by atoms with Crippen molar-refractivity contribution in [3.05, 3.63) is 58.1 Å². The lowest BCUT2D eigenvalue weighted by Crippen LogP contribution is -2.30. The maximum Gasteiger partial charge on any atom is 0.233 e. The number of rotatable bonds is 5. The second kappa shape index (κ2) is 7.68. The highest BCUT2D eigenvalue weighted by Gasteiger charge is 2.18. The third-order valence-electron chi connectivity index (χ3n) is 3.83. The Morgan fingerprint density at radius 3 is 2.60 bits per heavy atom. The normalized spacial score (nSPS) is 12.3. The van der Waals surface area contributed by atoms with Crippen LogP contribution in [0, 0.1) is 0 Å². The first kappa shape index (κ1) is 18.1. The molecule has 3 aromatic rings. The van der Waals surface area contributed by atoms with Gasteiger partial charge >= 0.3 is 0 Å². The topological polar surface area (TPSA) is 46.9 Å². The number of aryl methyl sites for hydroxylation is 1. The minimum atomic E-state index is -0.265. The molecular weight excluding hydrogens is 377 g/mol. The van der Waals surface area contributed by atoms with Crippen molar-refractivity contribution in [2.45, 2.75) is 23.9 Å². The van der Waals surface area contributed by atoms with Crippen LogP contribution in [0.4, 0.5) is 0 Å². The lowest BCUT2D eigenvalue weighted by atomic mass is 10.2. The standard InChI is InChI=1S/C18H17Cl2N3OS/c1-11(17(24)21-10-12-3-5-13(19)6-4-12)25-18-22-15-9-14(20)7-8-16(15)23(18)2/h3-9,11H,10H2,1-2H3,(H,21,24). The van der Waals surface area contributed by atoms with Gasteiger partial charge in [0.2, 0.25) is 5.91 Å². The van der Waals surface area contributed by atoms with Gasteiger partial charge in [-0.25, -0.2) is 4.98 Å². The van der Waals surface area contributed by atoms with E-state index < -0.39 is 0 Å². The van der Waals surface area contributed by atoms with E-state index in [0.29, 0.717) is 16.6 Å². The van der Waals surface area contributed by atoms with Gasteiger partial charge in [-0.1, -0.05) is 47.1 Å². The van der Waals surface area contributed by atoms with Crippen LogP contribution in [0.1, 0.15) is 12.5 Å². The zero-order valence-electron chi connectivity index (χ0n) is 13.8. The van der Waals surface area contributed by atoms with Gasteiger partial charge in [0.15, 0.2) is 5.16 Å². The first-order chi connectivity index (χ1) is 11.9. The number of carbonyl (C=O) groups is 1. The SMILES string of the molecule is CC(Sc1nc2cc(Cl)ccc2n1C)C(=O)NCc1ccc(Cl)cc1. The first-order valence-corrected chi connectivity index (χ1v) is 9.38. The van der Waals surface area contributed by atoms with Gasteiger partial charge in [0, 0.05) is 23.6 Å². The molecule has 4 nitrogen and oxygen atoms in total. The fourth-order valence-corrected chi connectivity index (χ4v) is 3.61. The number of fused-ring (bicyclic) bond motifs is 1. The molecule has 0 aliphatic heterocycles. The molecule has 3 rings (SSSR count). The molecule has 0 spiro atoms. The predicted molar refractivity (Wildman–Crippen MR) is 104 cm³/mol. The zero-order valence-corrected chi connectivity index (χ0v) is 16.1. The summed E-state index contributed by atoms with van der Waals surface area (Å²) in [7, 11) is 1.93. The molecule has 1 heterocycles. The van der Waals surface area contributed by atoms with Gasteiger partial charge in [-0.05, 0) is 42.8 Å². The lowest BCUT2D eigenvalue weighted by molar-refractivity contribution is -0.120. The summed E-state index contributed by atoms with van der Waals surface area (Å²) in [5.74, 6) is -0.0370. The molecular formula is C18H17Cl2N3OS. The minimum Gasteiger partial charge on any atom is -0.351 e. The molecule has 130 valence electrons. The Labute approximate surface area is 160 Å². The fourth-order valence-electron chi connectivity index (χ4n) is 2.40. The molecule has 0 aliphatic carbocycles. The molecule has 1 aromatic heterocycles. The number of aromatic nitrogens is 2. The van der Waals surface area contributed by atoms with Crippen molar-refractivity contribution in [1.29, 1.82) is 0 Å². The number of carbonyl (C=O) groups excluding carboxylic acids is 1. The van der Waals surface area contributed by atoms with Crippen LogP contribution in [0.3, 0.4) is 0 Å². The molecule has 1 unspecified atom stereocenters. The molecule has 7 heteroatoms. The Bertz CT molecular complexity index is 909. The van der Waals surface area contributed by atoms with Crippen LogP contribution in [0.5, 0.6) is 0 Å². The summed E-state index contributed by atoms with van der Waals surface area (Å²) in [4.78, 5) is 16.9. The van der Waals surface area contributed by atoms with Gasteiger partial charge in [0.1, 0.15) is 0 Å². The van der Waals surface area contributed by atoms with Crippen LogP contribution in [0.15, 0.2) is 47.6 Å². The number of nitrogens with zero attached hydrogens (tertiary/aromatic N) is 2. The Kier molecular flexibility index (Phi) is 5.57. The number of amides is 1. The van der Waals surface area contributed by atoms with E-state index in [1.165, 1.54) is 11.8 Å². The molecule has 1 N–H and O–H groups in total. The Balaban J connectivity index is 1.65. The highest BCUT2D eigenvalue weighted by atomic mass is 35.5. The molecule has 0 aliphatic rings. The summed E-state index contributed by atoms with van der Waals surface area (Å²) in [6.07, 6.45) is 0. The van der Waals surface area contributed by atoms with Crippen LogP contribution in [-0.2, 0) is 18.4 Å². The molecule has 0 bridgehead atoms. The van der Waals surface area contributed by atoms with E-state index in [1.54, 1.807) is 0 Å². The van der Waals surface area contributed by atoms with E-state index in [-0.39, 0.29) is 11.2 Å². The van der Waals surface area contributed by atoms with Crippen LogP contribution < -0.4 is 5.32 Å². The second-order valence-electron chi connectivity index (χ2n) is 5.69. The summed E-state index contributed by atoms with van der Waals surface area (Å²) < 4.78 is 1.97. The molecule has 0 saturated carbocycles. The van der Waals surface area contributed by atoms with Gasteiger partial charge in [0.05, 0.1) is 16.3 Å². The molecule has 25 heavy (non-hydrogen) atoms. The number of hydrogen-bond acceptors (Lipinski definition) is 3. The third kappa shape index (κ3) is 4.29. The summed E-state index contributed by atoms with van der Waals surface area (Å²) >= 11 is 13.3. The number of halogens is 2. The third-order valence-corrected chi connectivity index (χ3v) is 5.46. The van der Waals surface area contributed by atoms with Gasteiger partial charge in [-0.15, -0.1) is 0 Å². The summed E-state index contributed by atoms with van der Waals surface area (Å²) in [6.45, 7) is 2.34. The van der Waals surface area contributed by atoms with Crippen molar-refractivity contribution in [3.8, 4) is 0 Å². The van der Waals surface area contributed by atoms with Gasteiger partial charge in [0.25, 0.3) is 0 Å². The van der Waals surface area contributed by atoms with Crippen molar-refractivity contribution >= 4 is 51.9 Å². The zero-order chi connectivity index (χ0) is 18.0. The van der Waals surface area contributed by atoms with Gasteiger partial charge < -0.3 is 9.88 Å². The highest BCUT2D eigenvalue weighted by molar-refractivity contribution is 8.00. The molecule has 0 radical (unpaired) electrons. The number of nitrogens with one attached hydrogen (secondary N) is 1. The molecule has 0 fully saturated rings. The average Bonchev–Trinajstić information content (AvgIpc) is 2.89. The van der Waals surface area contributed by atoms with Crippen LogP contribution in [0.25, 0.3) is 11.0 Å². The van der Waals surface area contributed by atoms with E-state index in [1.807, 2.05) is 61.0 Å². The van der Waals surface area contributed by atoms with Crippen molar-refractivity contribution in [3.63, 3.8) is 0 Å². The number of thioether (sulfide) groups is 1. The monoisotopic (exact) mass is 393 g/mol. The summed E-state index contributed by atoms with van der Waals surface area (Å²) in [6, 6.07) is 13.0. The molecule has 1 atom stereocenters. The summed E-state index contributed by atoms with van der Waals surface area (Å²) in [5.41, 5.74) is 2.82. The van der Waals surface area contributed by atoms with Crippen molar-refractivity contribution in [1.82, 2.24) is 14.9 Å². The Morgan fingerprint density at radius 1 is 1.20 bits per heavy atom. The Morgan fingerprint density at radius 2 is 1.88 bits per heavy atom. The molecule has 1 amide bonds.